The zero-order valence-electron chi connectivity index (χ0n) is 5.14. The molecule has 11 heavy (non-hydrogen) atoms. The van der Waals surface area contributed by atoms with Gasteiger partial charge in [-0.2, -0.15) is 0 Å². The van der Waals surface area contributed by atoms with Crippen LogP contribution in [0.5, 0.6) is 5.75 Å². The molecule has 0 aromatic heterocycles. The molecule has 0 unspecified atom stereocenters. The third-order valence-electron chi connectivity index (χ3n) is 0.930. The molecule has 0 bridgehead atoms. The van der Waals surface area contributed by atoms with Crippen molar-refractivity contribution in [2.45, 2.75) is 0 Å². The Morgan fingerprint density at radius 3 is 2.09 bits per heavy atom. The van der Waals surface area contributed by atoms with Gasteiger partial charge in [0.25, 0.3) is 0 Å². The molecule has 3 nitrogen and oxygen atoms in total. The molecule has 5 heteroatoms. The fraction of sp³-hybridized carbons (Fsp3) is 0. The van der Waals surface area contributed by atoms with Crippen molar-refractivity contribution >= 4 is 54.1 Å². The van der Waals surface area contributed by atoms with Crippen molar-refractivity contribution < 1.29 is 14.3 Å². The van der Waals surface area contributed by atoms with Crippen LogP contribution in [0, 0.1) is 0 Å². The van der Waals surface area contributed by atoms with E-state index in [0.29, 0.717) is 5.75 Å². The molecule has 0 heterocycles. The van der Waals surface area contributed by atoms with Crippen LogP contribution in [0.15, 0.2) is 30.3 Å². The molecule has 0 amide bonds. The molecular formula is C6H9O3PSr. The Bertz CT molecular complexity index is 192. The van der Waals surface area contributed by atoms with Crippen LogP contribution in [-0.2, 0) is 0 Å². The first-order chi connectivity index (χ1) is 4.79. The van der Waals surface area contributed by atoms with Crippen LogP contribution in [0.3, 0.4) is 0 Å². The van der Waals surface area contributed by atoms with E-state index >= 15 is 0 Å². The van der Waals surface area contributed by atoms with Crippen molar-refractivity contribution in [2.24, 2.45) is 0 Å². The second-order valence-electron chi connectivity index (χ2n) is 1.66. The van der Waals surface area contributed by atoms with Crippen molar-refractivity contribution in [3.63, 3.8) is 0 Å². The normalized spacial score (nSPS) is 9.00. The number of benzene rings is 1. The predicted molar refractivity (Wildman–Crippen MR) is 47.0 cm³/mol. The Morgan fingerprint density at radius 2 is 1.64 bits per heavy atom. The van der Waals surface area contributed by atoms with E-state index in [9.17, 15) is 0 Å². The Kier molecular flexibility index (Phi) is 6.87. The van der Waals surface area contributed by atoms with Gasteiger partial charge in [0.1, 0.15) is 5.75 Å². The van der Waals surface area contributed by atoms with Crippen LogP contribution in [0.25, 0.3) is 0 Å². The van der Waals surface area contributed by atoms with E-state index in [4.69, 9.17) is 9.79 Å². The predicted octanol–water partition coefficient (Wildman–Crippen LogP) is 0.361. The van der Waals surface area contributed by atoms with Crippen molar-refractivity contribution in [2.75, 3.05) is 0 Å². The van der Waals surface area contributed by atoms with E-state index in [-0.39, 0.29) is 45.5 Å². The van der Waals surface area contributed by atoms with Crippen molar-refractivity contribution in [3.8, 4) is 5.75 Å². The third-order valence-corrected chi connectivity index (χ3v) is 1.30. The average Bonchev–Trinajstić information content (AvgIpc) is 1.88. The molecule has 0 aliphatic rings. The Hall–Kier alpha value is 0.851. The molecular weight excluding hydrogens is 239 g/mol. The van der Waals surface area contributed by atoms with Gasteiger partial charge < -0.3 is 14.3 Å². The summed E-state index contributed by atoms with van der Waals surface area (Å²) >= 11 is 0. The van der Waals surface area contributed by atoms with Gasteiger partial charge in [0.15, 0.2) is 0 Å². The van der Waals surface area contributed by atoms with Crippen LogP contribution in [-0.4, -0.2) is 55.3 Å². The van der Waals surface area contributed by atoms with Gasteiger partial charge in [-0.05, 0) is 12.1 Å². The molecule has 0 saturated carbocycles. The zero-order chi connectivity index (χ0) is 7.40. The van der Waals surface area contributed by atoms with Crippen LogP contribution in [0.4, 0.5) is 0 Å². The van der Waals surface area contributed by atoms with Crippen molar-refractivity contribution in [3.05, 3.63) is 30.3 Å². The SMILES string of the molecule is OP(O)Oc1ccccc1.[SrH2]. The number of rotatable bonds is 2. The second-order valence-corrected chi connectivity index (χ2v) is 2.35. The molecule has 0 radical (unpaired) electrons. The van der Waals surface area contributed by atoms with Gasteiger partial charge in [-0.15, -0.1) is 0 Å². The molecule has 58 valence electrons. The van der Waals surface area contributed by atoms with E-state index in [1.165, 1.54) is 0 Å². The minimum atomic E-state index is -2.28. The van der Waals surface area contributed by atoms with E-state index in [1.807, 2.05) is 6.07 Å². The maximum atomic E-state index is 8.40. The van der Waals surface area contributed by atoms with Gasteiger partial charge in [0.05, 0.1) is 0 Å². The zero-order valence-corrected chi connectivity index (χ0v) is 6.03. The molecule has 0 saturated heterocycles. The number of hydrogen-bond acceptors (Lipinski definition) is 3. The quantitative estimate of drug-likeness (QED) is 0.586. The molecule has 1 rings (SSSR count). The molecule has 0 atom stereocenters. The molecule has 2 N–H and O–H groups in total. The van der Waals surface area contributed by atoms with Crippen LogP contribution in [0.1, 0.15) is 0 Å². The summed E-state index contributed by atoms with van der Waals surface area (Å²) in [7, 11) is -2.28. The van der Waals surface area contributed by atoms with Gasteiger partial charge in [-0.3, -0.25) is 0 Å². The first kappa shape index (κ1) is 11.9. The summed E-state index contributed by atoms with van der Waals surface area (Å²) in [6, 6.07) is 8.65. The summed E-state index contributed by atoms with van der Waals surface area (Å²) in [5, 5.41) is 0. The van der Waals surface area contributed by atoms with Gasteiger partial charge in [0, 0.05) is 0 Å². The van der Waals surface area contributed by atoms with Gasteiger partial charge in [-0.25, -0.2) is 0 Å². The third kappa shape index (κ3) is 5.15. The molecule has 1 aromatic carbocycles. The van der Waals surface area contributed by atoms with Crippen LogP contribution >= 0.6 is 8.60 Å². The van der Waals surface area contributed by atoms with Crippen molar-refractivity contribution in [1.29, 1.82) is 0 Å². The van der Waals surface area contributed by atoms with E-state index < -0.39 is 8.60 Å². The maximum absolute atomic E-state index is 8.40. The van der Waals surface area contributed by atoms with E-state index in [0.717, 1.165) is 0 Å². The monoisotopic (exact) mass is 248 g/mol. The van der Waals surface area contributed by atoms with E-state index in [1.54, 1.807) is 24.3 Å². The van der Waals surface area contributed by atoms with Gasteiger partial charge in [-0.1, -0.05) is 18.2 Å². The van der Waals surface area contributed by atoms with Crippen molar-refractivity contribution in [1.82, 2.24) is 0 Å². The van der Waals surface area contributed by atoms with Crippen LogP contribution in [0.2, 0.25) is 0 Å². The van der Waals surface area contributed by atoms with E-state index in [2.05, 4.69) is 4.52 Å². The summed E-state index contributed by atoms with van der Waals surface area (Å²) < 4.78 is 4.59. The molecule has 0 aliphatic heterocycles. The van der Waals surface area contributed by atoms with Crippen LogP contribution < -0.4 is 4.52 Å². The topological polar surface area (TPSA) is 49.7 Å². The molecule has 0 spiro atoms. The number of hydrogen-bond donors (Lipinski definition) is 2. The Balaban J connectivity index is 0.000001000. The number of para-hydroxylation sites is 1. The van der Waals surface area contributed by atoms with Gasteiger partial charge >= 0.3 is 54.1 Å². The standard InChI is InChI=1S/C6H7O3P.Sr.2H/c7-10(8)9-6-4-2-1-3-5-6;;;/h1-5,7-8H;;;. The molecule has 1 aromatic rings. The fourth-order valence-corrected chi connectivity index (χ4v) is 0.886. The first-order valence-electron chi connectivity index (χ1n) is 2.70. The summed E-state index contributed by atoms with van der Waals surface area (Å²) in [5.41, 5.74) is 0. The molecule has 0 aliphatic carbocycles. The molecule has 0 fully saturated rings. The summed E-state index contributed by atoms with van der Waals surface area (Å²) in [5.74, 6) is 0.471. The summed E-state index contributed by atoms with van der Waals surface area (Å²) in [6.45, 7) is 0. The summed E-state index contributed by atoms with van der Waals surface area (Å²) in [4.78, 5) is 16.8. The fourth-order valence-electron chi connectivity index (χ4n) is 0.576. The first-order valence-corrected chi connectivity index (χ1v) is 3.86. The van der Waals surface area contributed by atoms with Gasteiger partial charge in [0.2, 0.25) is 0 Å². The Labute approximate surface area is 103 Å². The second kappa shape index (κ2) is 6.38. The summed E-state index contributed by atoms with van der Waals surface area (Å²) in [6.07, 6.45) is 0. The average molecular weight is 248 g/mol. The Morgan fingerprint density at radius 1 is 1.09 bits per heavy atom. The minimum absolute atomic E-state index is 0.